The summed E-state index contributed by atoms with van der Waals surface area (Å²) in [6.07, 6.45) is 5.61. The molecule has 2 atom stereocenters. The Bertz CT molecular complexity index is 313. The molecule has 2 unspecified atom stereocenters. The first-order valence-corrected chi connectivity index (χ1v) is 7.75. The largest absolute Gasteiger partial charge is 0.344 e. The Morgan fingerprint density at radius 2 is 2.32 bits per heavy atom. The first-order valence-electron chi connectivity index (χ1n) is 7.75. The van der Waals surface area contributed by atoms with Crippen LogP contribution in [0, 0.1) is 5.41 Å². The lowest BCUT2D eigenvalue weighted by molar-refractivity contribution is -0.140. The molecule has 2 heterocycles. The first kappa shape index (κ1) is 14.8. The van der Waals surface area contributed by atoms with Gasteiger partial charge in [0, 0.05) is 26.2 Å². The highest BCUT2D eigenvalue weighted by Gasteiger charge is 2.42. The van der Waals surface area contributed by atoms with Gasteiger partial charge in [-0.2, -0.15) is 0 Å². The lowest BCUT2D eigenvalue weighted by Crippen LogP contribution is -2.47. The van der Waals surface area contributed by atoms with Gasteiger partial charge in [0.05, 0.1) is 5.41 Å². The maximum absolute atomic E-state index is 12.8. The van der Waals surface area contributed by atoms with E-state index in [1.807, 2.05) is 11.9 Å². The zero-order chi connectivity index (χ0) is 13.9. The monoisotopic (exact) mass is 267 g/mol. The predicted octanol–water partition coefficient (Wildman–Crippen LogP) is 1.32. The molecule has 0 aliphatic carbocycles. The number of amides is 1. The fraction of sp³-hybridized carbons (Fsp3) is 0.933. The van der Waals surface area contributed by atoms with Crippen LogP contribution in [-0.2, 0) is 4.79 Å². The summed E-state index contributed by atoms with van der Waals surface area (Å²) in [4.78, 5) is 17.2. The molecule has 2 saturated heterocycles. The predicted molar refractivity (Wildman–Crippen MR) is 78.1 cm³/mol. The number of nitrogens with one attached hydrogen (secondary N) is 1. The van der Waals surface area contributed by atoms with E-state index in [0.717, 1.165) is 38.9 Å². The second kappa shape index (κ2) is 6.23. The first-order chi connectivity index (χ1) is 9.09. The Morgan fingerprint density at radius 1 is 1.53 bits per heavy atom. The summed E-state index contributed by atoms with van der Waals surface area (Å²) in [5, 5.41) is 3.38. The van der Waals surface area contributed by atoms with Crippen molar-refractivity contribution < 1.29 is 4.79 Å². The second-order valence-corrected chi connectivity index (χ2v) is 6.42. The Labute approximate surface area is 117 Å². The standard InChI is InChI=1S/C15H29N3O/c1-4-7-15(8-9-16-12-15)14(19)18(3)11-13-6-5-10-17(13)2/h13,16H,4-12H2,1-3H3. The van der Waals surface area contributed by atoms with Crippen molar-refractivity contribution in [2.45, 2.75) is 45.1 Å². The van der Waals surface area contributed by atoms with Crippen LogP contribution in [0.3, 0.4) is 0 Å². The number of likely N-dealkylation sites (N-methyl/N-ethyl adjacent to an activating group) is 2. The molecule has 1 N–H and O–H groups in total. The summed E-state index contributed by atoms with van der Waals surface area (Å²) in [5.41, 5.74) is -0.124. The zero-order valence-corrected chi connectivity index (χ0v) is 12.7. The molecule has 4 nitrogen and oxygen atoms in total. The van der Waals surface area contributed by atoms with E-state index in [1.165, 1.54) is 19.4 Å². The minimum Gasteiger partial charge on any atom is -0.344 e. The molecule has 110 valence electrons. The number of likely N-dealkylation sites (tertiary alicyclic amines) is 1. The van der Waals surface area contributed by atoms with Crippen molar-refractivity contribution >= 4 is 5.91 Å². The molecule has 2 aliphatic heterocycles. The summed E-state index contributed by atoms with van der Waals surface area (Å²) in [6, 6.07) is 0.557. The molecule has 19 heavy (non-hydrogen) atoms. The van der Waals surface area contributed by atoms with Crippen molar-refractivity contribution in [1.29, 1.82) is 0 Å². The van der Waals surface area contributed by atoms with E-state index >= 15 is 0 Å². The van der Waals surface area contributed by atoms with E-state index in [-0.39, 0.29) is 5.41 Å². The summed E-state index contributed by atoms with van der Waals surface area (Å²) < 4.78 is 0. The topological polar surface area (TPSA) is 35.6 Å². The molecular formula is C15H29N3O. The average Bonchev–Trinajstić information content (AvgIpc) is 3.00. The van der Waals surface area contributed by atoms with Crippen LogP contribution in [0.15, 0.2) is 0 Å². The van der Waals surface area contributed by atoms with Gasteiger partial charge in [-0.3, -0.25) is 4.79 Å². The smallest absolute Gasteiger partial charge is 0.229 e. The Balaban J connectivity index is 1.96. The van der Waals surface area contributed by atoms with Crippen LogP contribution < -0.4 is 5.32 Å². The highest BCUT2D eigenvalue weighted by atomic mass is 16.2. The van der Waals surface area contributed by atoms with E-state index in [9.17, 15) is 4.79 Å². The van der Waals surface area contributed by atoms with E-state index < -0.39 is 0 Å². The van der Waals surface area contributed by atoms with Crippen molar-refractivity contribution in [2.24, 2.45) is 5.41 Å². The van der Waals surface area contributed by atoms with Gasteiger partial charge in [-0.05, 0) is 45.8 Å². The minimum atomic E-state index is -0.124. The Kier molecular flexibility index (Phi) is 4.85. The number of hydrogen-bond acceptors (Lipinski definition) is 3. The third-order valence-corrected chi connectivity index (χ3v) is 4.93. The molecule has 2 aliphatic rings. The molecule has 2 rings (SSSR count). The number of nitrogens with zero attached hydrogens (tertiary/aromatic N) is 2. The molecule has 2 fully saturated rings. The van der Waals surface area contributed by atoms with Crippen molar-refractivity contribution in [3.63, 3.8) is 0 Å². The van der Waals surface area contributed by atoms with Gasteiger partial charge in [0.2, 0.25) is 5.91 Å². The molecular weight excluding hydrogens is 238 g/mol. The zero-order valence-electron chi connectivity index (χ0n) is 12.7. The average molecular weight is 267 g/mol. The van der Waals surface area contributed by atoms with Crippen LogP contribution in [0.2, 0.25) is 0 Å². The van der Waals surface area contributed by atoms with Crippen LogP contribution in [0.4, 0.5) is 0 Å². The van der Waals surface area contributed by atoms with Crippen molar-refractivity contribution in [1.82, 2.24) is 15.1 Å². The Morgan fingerprint density at radius 3 is 2.84 bits per heavy atom. The number of rotatable bonds is 5. The second-order valence-electron chi connectivity index (χ2n) is 6.42. The maximum Gasteiger partial charge on any atom is 0.229 e. The highest BCUT2D eigenvalue weighted by Crippen LogP contribution is 2.33. The van der Waals surface area contributed by atoms with E-state index in [4.69, 9.17) is 0 Å². The Hall–Kier alpha value is -0.610. The third-order valence-electron chi connectivity index (χ3n) is 4.93. The van der Waals surface area contributed by atoms with Crippen LogP contribution in [-0.4, -0.2) is 62.0 Å². The minimum absolute atomic E-state index is 0.124. The SMILES string of the molecule is CCCC1(C(=O)N(C)CC2CCCN2C)CCNC1. The lowest BCUT2D eigenvalue weighted by atomic mass is 9.81. The number of carbonyl (C=O) groups excluding carboxylic acids is 1. The molecule has 0 aromatic carbocycles. The molecule has 1 amide bonds. The molecule has 0 radical (unpaired) electrons. The van der Waals surface area contributed by atoms with E-state index in [1.54, 1.807) is 0 Å². The molecule has 0 spiro atoms. The quantitative estimate of drug-likeness (QED) is 0.816. The van der Waals surface area contributed by atoms with Gasteiger partial charge in [-0.25, -0.2) is 0 Å². The highest BCUT2D eigenvalue weighted by molar-refractivity contribution is 5.83. The summed E-state index contributed by atoms with van der Waals surface area (Å²) >= 11 is 0. The molecule has 0 aromatic rings. The van der Waals surface area contributed by atoms with Gasteiger partial charge < -0.3 is 15.1 Å². The van der Waals surface area contributed by atoms with Crippen molar-refractivity contribution in [3.8, 4) is 0 Å². The molecule has 0 aromatic heterocycles. The van der Waals surface area contributed by atoms with Gasteiger partial charge in [0.25, 0.3) is 0 Å². The van der Waals surface area contributed by atoms with Gasteiger partial charge in [-0.15, -0.1) is 0 Å². The fourth-order valence-electron chi connectivity index (χ4n) is 3.74. The summed E-state index contributed by atoms with van der Waals surface area (Å²) in [6.45, 7) is 6.10. The van der Waals surface area contributed by atoms with Crippen LogP contribution in [0.5, 0.6) is 0 Å². The van der Waals surface area contributed by atoms with Crippen LogP contribution in [0.25, 0.3) is 0 Å². The van der Waals surface area contributed by atoms with Crippen molar-refractivity contribution in [3.05, 3.63) is 0 Å². The molecule has 0 saturated carbocycles. The molecule has 0 bridgehead atoms. The maximum atomic E-state index is 12.8. The van der Waals surface area contributed by atoms with Crippen LogP contribution >= 0.6 is 0 Å². The van der Waals surface area contributed by atoms with E-state index in [0.29, 0.717) is 11.9 Å². The summed E-state index contributed by atoms with van der Waals surface area (Å²) in [5.74, 6) is 0.361. The normalized spacial score (nSPS) is 31.8. The van der Waals surface area contributed by atoms with Gasteiger partial charge in [0.1, 0.15) is 0 Å². The van der Waals surface area contributed by atoms with Crippen molar-refractivity contribution in [2.75, 3.05) is 40.3 Å². The number of hydrogen-bond donors (Lipinski definition) is 1. The lowest BCUT2D eigenvalue weighted by Gasteiger charge is -2.34. The molecule has 4 heteroatoms. The van der Waals surface area contributed by atoms with Crippen LogP contribution in [0.1, 0.15) is 39.0 Å². The van der Waals surface area contributed by atoms with Gasteiger partial charge >= 0.3 is 0 Å². The van der Waals surface area contributed by atoms with Gasteiger partial charge in [0.15, 0.2) is 0 Å². The van der Waals surface area contributed by atoms with Gasteiger partial charge in [-0.1, -0.05) is 13.3 Å². The third kappa shape index (κ3) is 3.11. The van der Waals surface area contributed by atoms with E-state index in [2.05, 4.69) is 24.2 Å². The number of carbonyl (C=O) groups is 1. The fourth-order valence-corrected chi connectivity index (χ4v) is 3.74. The summed E-state index contributed by atoms with van der Waals surface area (Å²) in [7, 11) is 4.17.